The molecule has 0 spiro atoms. The van der Waals surface area contributed by atoms with Crippen LogP contribution in [-0.2, 0) is 0 Å². The minimum atomic E-state index is -0.655. The Balaban J connectivity index is 2.44. The first-order chi connectivity index (χ1) is 6.14. The highest BCUT2D eigenvalue weighted by molar-refractivity contribution is 5.33. The molecule has 3 nitrogen and oxygen atoms in total. The van der Waals surface area contributed by atoms with Crippen LogP contribution in [0.5, 0.6) is 0 Å². The highest BCUT2D eigenvalue weighted by Crippen LogP contribution is 2.09. The van der Waals surface area contributed by atoms with Crippen LogP contribution in [0.4, 0.5) is 5.82 Å². The van der Waals surface area contributed by atoms with E-state index < -0.39 is 5.60 Å². The molecular weight excluding hydrogens is 164 g/mol. The van der Waals surface area contributed by atoms with Crippen molar-refractivity contribution in [3.8, 4) is 0 Å². The molecule has 0 aliphatic heterocycles. The van der Waals surface area contributed by atoms with E-state index in [4.69, 9.17) is 0 Å². The van der Waals surface area contributed by atoms with Gasteiger partial charge in [0.25, 0.3) is 0 Å². The summed E-state index contributed by atoms with van der Waals surface area (Å²) in [7, 11) is 0. The molecule has 0 aliphatic carbocycles. The fourth-order valence-corrected chi connectivity index (χ4v) is 0.873. The first-order valence-corrected chi connectivity index (χ1v) is 4.51. The van der Waals surface area contributed by atoms with Gasteiger partial charge in [-0.3, -0.25) is 0 Å². The Kier molecular flexibility index (Phi) is 3.25. The number of nitrogens with one attached hydrogen (secondary N) is 1. The Morgan fingerprint density at radius 3 is 2.85 bits per heavy atom. The number of anilines is 1. The van der Waals surface area contributed by atoms with E-state index in [0.717, 1.165) is 12.2 Å². The number of hydrogen-bond donors (Lipinski definition) is 2. The third kappa shape index (κ3) is 3.42. The van der Waals surface area contributed by atoms with Crippen molar-refractivity contribution in [3.05, 3.63) is 24.4 Å². The smallest absolute Gasteiger partial charge is 0.125 e. The number of aliphatic hydroxyl groups is 1. The molecule has 0 aliphatic rings. The van der Waals surface area contributed by atoms with E-state index in [9.17, 15) is 5.11 Å². The largest absolute Gasteiger partial charge is 0.388 e. The van der Waals surface area contributed by atoms with E-state index >= 15 is 0 Å². The van der Waals surface area contributed by atoms with Gasteiger partial charge >= 0.3 is 0 Å². The van der Waals surface area contributed by atoms with Crippen LogP contribution in [-0.4, -0.2) is 22.2 Å². The van der Waals surface area contributed by atoms with Crippen molar-refractivity contribution in [1.29, 1.82) is 0 Å². The third-order valence-electron chi connectivity index (χ3n) is 2.08. The van der Waals surface area contributed by atoms with Gasteiger partial charge in [0.15, 0.2) is 0 Å². The highest BCUT2D eigenvalue weighted by Gasteiger charge is 2.16. The molecule has 0 radical (unpaired) electrons. The molecule has 1 heterocycles. The van der Waals surface area contributed by atoms with E-state index in [1.807, 2.05) is 32.0 Å². The molecule has 1 atom stereocenters. The van der Waals surface area contributed by atoms with E-state index in [0.29, 0.717) is 6.54 Å². The SMILES string of the molecule is CCC(C)(O)CNc1ccccn1. The van der Waals surface area contributed by atoms with Crippen molar-refractivity contribution in [3.63, 3.8) is 0 Å². The third-order valence-corrected chi connectivity index (χ3v) is 2.08. The predicted octanol–water partition coefficient (Wildman–Crippen LogP) is 1.65. The molecule has 1 aromatic rings. The molecule has 1 rings (SSSR count). The lowest BCUT2D eigenvalue weighted by Gasteiger charge is -2.21. The standard InChI is InChI=1S/C10H16N2O/c1-3-10(2,13)8-12-9-6-4-5-7-11-9/h4-7,13H,3,8H2,1-2H3,(H,11,12). The van der Waals surface area contributed by atoms with Gasteiger partial charge in [0.2, 0.25) is 0 Å². The Hall–Kier alpha value is -1.09. The van der Waals surface area contributed by atoms with E-state index in [1.165, 1.54) is 0 Å². The number of aromatic nitrogens is 1. The van der Waals surface area contributed by atoms with Crippen LogP contribution in [0.15, 0.2) is 24.4 Å². The molecule has 0 fully saturated rings. The topological polar surface area (TPSA) is 45.1 Å². The van der Waals surface area contributed by atoms with E-state index in [-0.39, 0.29) is 0 Å². The van der Waals surface area contributed by atoms with Crippen LogP contribution >= 0.6 is 0 Å². The number of nitrogens with zero attached hydrogens (tertiary/aromatic N) is 1. The predicted molar refractivity (Wildman–Crippen MR) is 53.6 cm³/mol. The maximum absolute atomic E-state index is 9.69. The van der Waals surface area contributed by atoms with Crippen molar-refractivity contribution >= 4 is 5.82 Å². The molecule has 0 saturated heterocycles. The zero-order chi connectivity index (χ0) is 9.73. The average molecular weight is 180 g/mol. The van der Waals surface area contributed by atoms with Gasteiger partial charge in [0, 0.05) is 12.7 Å². The first kappa shape index (κ1) is 9.99. The fourth-order valence-electron chi connectivity index (χ4n) is 0.873. The van der Waals surface area contributed by atoms with Crippen molar-refractivity contribution in [2.24, 2.45) is 0 Å². The molecule has 1 unspecified atom stereocenters. The second kappa shape index (κ2) is 4.23. The zero-order valence-corrected chi connectivity index (χ0v) is 8.12. The zero-order valence-electron chi connectivity index (χ0n) is 8.12. The van der Waals surface area contributed by atoms with Crippen LogP contribution in [0.2, 0.25) is 0 Å². The Labute approximate surface area is 78.8 Å². The summed E-state index contributed by atoms with van der Waals surface area (Å²) in [5.41, 5.74) is -0.655. The summed E-state index contributed by atoms with van der Waals surface area (Å²) in [6.45, 7) is 4.30. The first-order valence-electron chi connectivity index (χ1n) is 4.51. The minimum absolute atomic E-state index is 0.528. The molecule has 72 valence electrons. The van der Waals surface area contributed by atoms with Crippen molar-refractivity contribution < 1.29 is 5.11 Å². The Morgan fingerprint density at radius 2 is 2.31 bits per heavy atom. The van der Waals surface area contributed by atoms with Gasteiger partial charge in [-0.15, -0.1) is 0 Å². The molecule has 0 aromatic carbocycles. The van der Waals surface area contributed by atoms with Gasteiger partial charge in [0.05, 0.1) is 5.60 Å². The van der Waals surface area contributed by atoms with Gasteiger partial charge in [-0.2, -0.15) is 0 Å². The van der Waals surface area contributed by atoms with Crippen molar-refractivity contribution in [1.82, 2.24) is 4.98 Å². The summed E-state index contributed by atoms with van der Waals surface area (Å²) in [6, 6.07) is 5.66. The number of rotatable bonds is 4. The van der Waals surface area contributed by atoms with Crippen LogP contribution in [0, 0.1) is 0 Å². The molecule has 0 bridgehead atoms. The molecule has 3 heteroatoms. The van der Waals surface area contributed by atoms with Gasteiger partial charge in [-0.1, -0.05) is 13.0 Å². The van der Waals surface area contributed by atoms with Crippen molar-refractivity contribution in [2.75, 3.05) is 11.9 Å². The monoisotopic (exact) mass is 180 g/mol. The molecule has 0 saturated carbocycles. The average Bonchev–Trinajstić information content (AvgIpc) is 2.17. The van der Waals surface area contributed by atoms with Crippen molar-refractivity contribution in [2.45, 2.75) is 25.9 Å². The second-order valence-electron chi connectivity index (χ2n) is 3.42. The van der Waals surface area contributed by atoms with Crippen LogP contribution in [0.3, 0.4) is 0 Å². The van der Waals surface area contributed by atoms with Gasteiger partial charge in [-0.25, -0.2) is 4.98 Å². The molecule has 1 aromatic heterocycles. The normalized spacial score (nSPS) is 15.0. The van der Waals surface area contributed by atoms with Crippen LogP contribution in [0.25, 0.3) is 0 Å². The summed E-state index contributed by atoms with van der Waals surface area (Å²) in [5.74, 6) is 0.802. The lowest BCUT2D eigenvalue weighted by molar-refractivity contribution is 0.0696. The maximum Gasteiger partial charge on any atom is 0.125 e. The Bertz CT molecular complexity index is 246. The summed E-state index contributed by atoms with van der Waals surface area (Å²) >= 11 is 0. The molecular formula is C10H16N2O. The van der Waals surface area contributed by atoms with Gasteiger partial charge < -0.3 is 10.4 Å². The molecule has 2 N–H and O–H groups in total. The van der Waals surface area contributed by atoms with Crippen LogP contribution < -0.4 is 5.32 Å². The van der Waals surface area contributed by atoms with Crippen LogP contribution in [0.1, 0.15) is 20.3 Å². The summed E-state index contributed by atoms with van der Waals surface area (Å²) in [5, 5.41) is 12.8. The minimum Gasteiger partial charge on any atom is -0.388 e. The maximum atomic E-state index is 9.69. The summed E-state index contributed by atoms with van der Waals surface area (Å²) in [4.78, 5) is 4.09. The Morgan fingerprint density at radius 1 is 1.54 bits per heavy atom. The summed E-state index contributed by atoms with van der Waals surface area (Å²) < 4.78 is 0. The number of pyridine rings is 1. The van der Waals surface area contributed by atoms with Gasteiger partial charge in [-0.05, 0) is 25.5 Å². The summed E-state index contributed by atoms with van der Waals surface area (Å²) in [6.07, 6.45) is 2.45. The fraction of sp³-hybridized carbons (Fsp3) is 0.500. The molecule has 0 amide bonds. The number of hydrogen-bond acceptors (Lipinski definition) is 3. The van der Waals surface area contributed by atoms with Gasteiger partial charge in [0.1, 0.15) is 5.82 Å². The second-order valence-corrected chi connectivity index (χ2v) is 3.42. The van der Waals surface area contributed by atoms with E-state index in [2.05, 4.69) is 10.3 Å². The molecule has 13 heavy (non-hydrogen) atoms. The highest BCUT2D eigenvalue weighted by atomic mass is 16.3. The lowest BCUT2D eigenvalue weighted by Crippen LogP contribution is -2.32. The lowest BCUT2D eigenvalue weighted by atomic mass is 10.0. The quantitative estimate of drug-likeness (QED) is 0.740. The van der Waals surface area contributed by atoms with E-state index in [1.54, 1.807) is 6.20 Å².